The van der Waals surface area contributed by atoms with Gasteiger partial charge in [0, 0.05) is 29.0 Å². The van der Waals surface area contributed by atoms with E-state index in [0.29, 0.717) is 17.3 Å². The third-order valence-corrected chi connectivity index (χ3v) is 5.19. The van der Waals surface area contributed by atoms with Crippen LogP contribution in [0.2, 0.25) is 0 Å². The van der Waals surface area contributed by atoms with Crippen LogP contribution in [0, 0.1) is 0 Å². The zero-order valence-electron chi connectivity index (χ0n) is 17.7. The molecular formula is C21H27N3O4S2. The number of hydrogen-bond acceptors (Lipinski definition) is 7. The molecule has 1 heterocycles. The van der Waals surface area contributed by atoms with Crippen molar-refractivity contribution in [3.63, 3.8) is 0 Å². The first kappa shape index (κ1) is 23.9. The molecule has 9 heteroatoms. The van der Waals surface area contributed by atoms with E-state index in [4.69, 9.17) is 4.74 Å². The molecule has 0 saturated heterocycles. The third kappa shape index (κ3) is 7.46. The summed E-state index contributed by atoms with van der Waals surface area (Å²) in [5, 5.41) is 3.91. The number of para-hydroxylation sites is 1. The highest BCUT2D eigenvalue weighted by Gasteiger charge is 2.24. The predicted octanol–water partition coefficient (Wildman–Crippen LogP) is 3.59. The van der Waals surface area contributed by atoms with Gasteiger partial charge in [-0.2, -0.15) is 16.7 Å². The van der Waals surface area contributed by atoms with Crippen LogP contribution in [0.15, 0.2) is 48.0 Å². The minimum atomic E-state index is -3.30. The van der Waals surface area contributed by atoms with Gasteiger partial charge in [-0.3, -0.25) is 4.79 Å². The number of hydrogen-bond donors (Lipinski definition) is 1. The Balaban J connectivity index is 2.37. The molecule has 1 aromatic heterocycles. The number of aromatic nitrogens is 2. The van der Waals surface area contributed by atoms with Gasteiger partial charge >= 0.3 is 0 Å². The van der Waals surface area contributed by atoms with Crippen LogP contribution in [0.5, 0.6) is 11.6 Å². The second kappa shape index (κ2) is 10.1. The number of ether oxygens (including phenoxy) is 1. The van der Waals surface area contributed by atoms with Gasteiger partial charge in [-0.05, 0) is 18.4 Å². The van der Waals surface area contributed by atoms with Crippen molar-refractivity contribution in [3.8, 4) is 11.6 Å². The summed E-state index contributed by atoms with van der Waals surface area (Å²) in [4.78, 5) is 21.8. The molecule has 30 heavy (non-hydrogen) atoms. The Bertz CT molecular complexity index is 1000. The fourth-order valence-corrected chi connectivity index (χ4v) is 3.40. The molecule has 162 valence electrons. The number of amides is 1. The molecule has 1 aromatic carbocycles. The molecule has 7 nitrogen and oxygen atoms in total. The molecule has 2 rings (SSSR count). The molecule has 1 N–H and O–H groups in total. The molecule has 0 aliphatic carbocycles. The molecule has 0 fully saturated rings. The van der Waals surface area contributed by atoms with Crippen LogP contribution in [0.3, 0.4) is 0 Å². The number of nitrogens with one attached hydrogen (secondary N) is 1. The summed E-state index contributed by atoms with van der Waals surface area (Å²) in [5.74, 6) is 1.30. The summed E-state index contributed by atoms with van der Waals surface area (Å²) in [7, 11) is -3.30. The Morgan fingerprint density at radius 1 is 1.27 bits per heavy atom. The normalized spacial score (nSPS) is 13.2. The Morgan fingerprint density at radius 3 is 2.50 bits per heavy atom. The summed E-state index contributed by atoms with van der Waals surface area (Å²) in [6.45, 7) is 5.91. The van der Waals surface area contributed by atoms with Gasteiger partial charge in [0.2, 0.25) is 5.88 Å². The number of benzene rings is 1. The van der Waals surface area contributed by atoms with Crippen LogP contribution in [0.4, 0.5) is 0 Å². The number of thioether (sulfide) groups is 1. The maximum atomic E-state index is 13.0. The van der Waals surface area contributed by atoms with Crippen molar-refractivity contribution in [2.45, 2.75) is 32.2 Å². The lowest BCUT2D eigenvalue weighted by Gasteiger charge is -2.19. The van der Waals surface area contributed by atoms with Crippen LogP contribution in [-0.4, -0.2) is 48.6 Å². The standard InChI is InChI=1S/C21H27N3O4S2/c1-21(2,3)20-22-13-17(19(24-20)28-16-9-7-6-8-10-16)18(25)23-15(14-29-4)11-12-30(5,26)27/h6-13,15H,14H2,1-5H3,(H,23,25). The number of nitrogens with zero attached hydrogens (tertiary/aromatic N) is 2. The Kier molecular flexibility index (Phi) is 8.03. The Hall–Kier alpha value is -2.39. The second-order valence-corrected chi connectivity index (χ2v) is 10.6. The fraction of sp³-hybridized carbons (Fsp3) is 0.381. The molecule has 0 saturated carbocycles. The minimum Gasteiger partial charge on any atom is -0.438 e. The van der Waals surface area contributed by atoms with Crippen molar-refractivity contribution >= 4 is 27.5 Å². The van der Waals surface area contributed by atoms with Crippen LogP contribution in [0.1, 0.15) is 37.0 Å². The lowest BCUT2D eigenvalue weighted by Crippen LogP contribution is -2.36. The maximum absolute atomic E-state index is 13.0. The summed E-state index contributed by atoms with van der Waals surface area (Å²) in [6.07, 6.45) is 5.88. The second-order valence-electron chi connectivity index (χ2n) is 7.77. The van der Waals surface area contributed by atoms with E-state index in [2.05, 4.69) is 15.3 Å². The van der Waals surface area contributed by atoms with E-state index in [1.54, 1.807) is 12.1 Å². The number of rotatable bonds is 8. The summed E-state index contributed by atoms with van der Waals surface area (Å²) in [6, 6.07) is 8.57. The van der Waals surface area contributed by atoms with Gasteiger partial charge in [0.25, 0.3) is 5.91 Å². The van der Waals surface area contributed by atoms with Crippen molar-refractivity contribution < 1.29 is 17.9 Å². The molecule has 1 unspecified atom stereocenters. The molecule has 0 aliphatic rings. The number of sulfone groups is 1. The Morgan fingerprint density at radius 2 is 1.93 bits per heavy atom. The predicted molar refractivity (Wildman–Crippen MR) is 121 cm³/mol. The SMILES string of the molecule is CSCC(C=CS(C)(=O)=O)NC(=O)c1cnc(C(C)(C)C)nc1Oc1ccccc1. The van der Waals surface area contributed by atoms with Gasteiger partial charge < -0.3 is 10.1 Å². The maximum Gasteiger partial charge on any atom is 0.258 e. The van der Waals surface area contributed by atoms with Crippen molar-refractivity contribution in [3.05, 3.63) is 59.4 Å². The van der Waals surface area contributed by atoms with Crippen molar-refractivity contribution in [2.75, 3.05) is 18.3 Å². The quantitative estimate of drug-likeness (QED) is 0.657. The molecule has 0 spiro atoms. The van der Waals surface area contributed by atoms with Crippen molar-refractivity contribution in [1.29, 1.82) is 0 Å². The molecule has 1 atom stereocenters. The van der Waals surface area contributed by atoms with Crippen LogP contribution >= 0.6 is 11.8 Å². The number of carbonyl (C=O) groups excluding carboxylic acids is 1. The van der Waals surface area contributed by atoms with Gasteiger partial charge in [0.1, 0.15) is 17.1 Å². The van der Waals surface area contributed by atoms with Crippen LogP contribution in [-0.2, 0) is 15.3 Å². The van der Waals surface area contributed by atoms with Gasteiger partial charge in [0.15, 0.2) is 9.84 Å². The smallest absolute Gasteiger partial charge is 0.258 e. The third-order valence-electron chi connectivity index (χ3n) is 3.85. The molecule has 2 aromatic rings. The number of carbonyl (C=O) groups is 1. The average molecular weight is 450 g/mol. The van der Waals surface area contributed by atoms with Gasteiger partial charge in [-0.1, -0.05) is 45.0 Å². The van der Waals surface area contributed by atoms with Gasteiger partial charge in [-0.25, -0.2) is 13.4 Å². The highest BCUT2D eigenvalue weighted by atomic mass is 32.2. The first-order valence-electron chi connectivity index (χ1n) is 9.28. The highest BCUT2D eigenvalue weighted by molar-refractivity contribution is 7.98. The molecule has 0 bridgehead atoms. The van der Waals surface area contributed by atoms with Crippen LogP contribution in [0.25, 0.3) is 0 Å². The van der Waals surface area contributed by atoms with Gasteiger partial charge in [0.05, 0.1) is 6.04 Å². The monoisotopic (exact) mass is 449 g/mol. The van der Waals surface area contributed by atoms with E-state index < -0.39 is 21.8 Å². The van der Waals surface area contributed by atoms with E-state index in [1.165, 1.54) is 24.0 Å². The first-order valence-corrected chi connectivity index (χ1v) is 12.6. The molecule has 1 amide bonds. The van der Waals surface area contributed by atoms with Crippen molar-refractivity contribution in [2.24, 2.45) is 0 Å². The topological polar surface area (TPSA) is 98.2 Å². The molecular weight excluding hydrogens is 422 g/mol. The van der Waals surface area contributed by atoms with Crippen molar-refractivity contribution in [1.82, 2.24) is 15.3 Å². The Labute approximate surface area is 182 Å². The lowest BCUT2D eigenvalue weighted by atomic mass is 9.95. The zero-order chi connectivity index (χ0) is 22.4. The largest absolute Gasteiger partial charge is 0.438 e. The van der Waals surface area contributed by atoms with E-state index in [0.717, 1.165) is 11.7 Å². The van der Waals surface area contributed by atoms with Crippen LogP contribution < -0.4 is 10.1 Å². The molecule has 0 radical (unpaired) electrons. The summed E-state index contributed by atoms with van der Waals surface area (Å²) < 4.78 is 28.8. The molecule has 0 aliphatic heterocycles. The van der Waals surface area contributed by atoms with E-state index >= 15 is 0 Å². The van der Waals surface area contributed by atoms with E-state index in [9.17, 15) is 13.2 Å². The van der Waals surface area contributed by atoms with E-state index in [1.807, 2.05) is 45.2 Å². The first-order chi connectivity index (χ1) is 14.0. The van der Waals surface area contributed by atoms with E-state index in [-0.39, 0.29) is 16.9 Å². The lowest BCUT2D eigenvalue weighted by molar-refractivity contribution is 0.0944. The summed E-state index contributed by atoms with van der Waals surface area (Å²) >= 11 is 1.49. The fourth-order valence-electron chi connectivity index (χ4n) is 2.37. The average Bonchev–Trinajstić information content (AvgIpc) is 2.65. The summed E-state index contributed by atoms with van der Waals surface area (Å²) in [5.41, 5.74) is -0.158. The van der Waals surface area contributed by atoms with Gasteiger partial charge in [-0.15, -0.1) is 0 Å². The zero-order valence-corrected chi connectivity index (χ0v) is 19.4. The highest BCUT2D eigenvalue weighted by Crippen LogP contribution is 2.26. The minimum absolute atomic E-state index is 0.147.